The number of carboxylic acid groups (broad SMARTS) is 1. The van der Waals surface area contributed by atoms with E-state index in [9.17, 15) is 20.0 Å². The number of nitrogens with zero attached hydrogens (tertiary/aromatic N) is 5. The van der Waals surface area contributed by atoms with Gasteiger partial charge in [-0.3, -0.25) is 4.90 Å². The summed E-state index contributed by atoms with van der Waals surface area (Å²) in [5.74, 6) is 0.247. The Balaban J connectivity index is 2.42. The molecule has 11 heteroatoms. The molecule has 0 unspecified atom stereocenters. The number of carbonyl (C=O) groups excluding carboxylic acids is 1. The van der Waals surface area contributed by atoms with E-state index >= 15 is 0 Å². The molecule has 1 aromatic heterocycles. The maximum atomic E-state index is 12.6. The lowest BCUT2D eigenvalue weighted by Crippen LogP contribution is -2.37. The van der Waals surface area contributed by atoms with Gasteiger partial charge in [0.2, 0.25) is 0 Å². The predicted molar refractivity (Wildman–Crippen MR) is 103 cm³/mol. The summed E-state index contributed by atoms with van der Waals surface area (Å²) in [5, 5.41) is 23.4. The smallest absolute Gasteiger partial charge is 0.415 e. The van der Waals surface area contributed by atoms with Crippen molar-refractivity contribution in [1.29, 1.82) is 5.26 Å². The summed E-state index contributed by atoms with van der Waals surface area (Å²) in [7, 11) is 3.00. The van der Waals surface area contributed by atoms with Crippen LogP contribution in [0.3, 0.4) is 0 Å². The molecule has 2 atom stereocenters. The summed E-state index contributed by atoms with van der Waals surface area (Å²) < 4.78 is 12.3. The van der Waals surface area contributed by atoms with E-state index in [0.29, 0.717) is 6.42 Å². The Morgan fingerprint density at radius 1 is 1.46 bits per heavy atom. The molecule has 154 valence electrons. The second kappa shape index (κ2) is 8.36. The third-order valence-electron chi connectivity index (χ3n) is 4.28. The van der Waals surface area contributed by atoms with Gasteiger partial charge < -0.3 is 19.5 Å². The van der Waals surface area contributed by atoms with Crippen LogP contribution in [0.1, 0.15) is 38.8 Å². The van der Waals surface area contributed by atoms with Gasteiger partial charge in [0.05, 0.1) is 18.7 Å². The molecule has 1 aliphatic rings. The van der Waals surface area contributed by atoms with Crippen LogP contribution in [-0.2, 0) is 9.47 Å². The van der Waals surface area contributed by atoms with Gasteiger partial charge in [0.25, 0.3) is 0 Å². The number of rotatable bonds is 4. The zero-order valence-corrected chi connectivity index (χ0v) is 18.1. The molecule has 1 aliphatic heterocycles. The van der Waals surface area contributed by atoms with E-state index in [4.69, 9.17) is 9.47 Å². The highest BCUT2D eigenvalue weighted by Crippen LogP contribution is 2.35. The molecule has 1 fully saturated rings. The van der Waals surface area contributed by atoms with Gasteiger partial charge in [0.15, 0.2) is 5.82 Å². The molecule has 2 amide bonds. The van der Waals surface area contributed by atoms with E-state index in [-0.39, 0.29) is 41.2 Å². The number of anilines is 1. The highest BCUT2D eigenvalue weighted by Gasteiger charge is 2.39. The molecule has 2 rings (SSSR count). The van der Waals surface area contributed by atoms with E-state index in [1.165, 1.54) is 28.6 Å². The van der Waals surface area contributed by atoms with E-state index in [1.807, 2.05) is 6.07 Å². The zero-order valence-electron chi connectivity index (χ0n) is 16.5. The minimum Gasteiger partial charge on any atom is -0.465 e. The van der Waals surface area contributed by atoms with Crippen LogP contribution in [0.2, 0.25) is 0 Å². The number of aromatic nitrogens is 2. The fourth-order valence-corrected chi connectivity index (χ4v) is 3.58. The Bertz CT molecular complexity index is 797. The number of likely N-dealkylation sites (tertiary alicyclic amines) is 1. The van der Waals surface area contributed by atoms with E-state index in [2.05, 4.69) is 21.0 Å². The van der Waals surface area contributed by atoms with Crippen molar-refractivity contribution in [2.24, 2.45) is 0 Å². The standard InChI is InChI=1S/C17H24BrN5O5/c1-17(2,3)28-16(26)21(4)14-12(7-19)13(18)20-23(14)10-6-11(9-27-5)22(8-10)15(24)25/h10-11H,6,8-9H2,1-5H3,(H,24,25)/t10-,11+/m0/s1. The number of methoxy groups -OCH3 is 1. The van der Waals surface area contributed by atoms with Crippen LogP contribution in [0.5, 0.6) is 0 Å². The number of halogens is 1. The van der Waals surface area contributed by atoms with Gasteiger partial charge in [0, 0.05) is 20.7 Å². The van der Waals surface area contributed by atoms with Crippen LogP contribution in [-0.4, -0.2) is 70.9 Å². The summed E-state index contributed by atoms with van der Waals surface area (Å²) in [4.78, 5) is 26.6. The number of hydrogen-bond acceptors (Lipinski definition) is 6. The fraction of sp³-hybridized carbons (Fsp3) is 0.647. The number of carbonyl (C=O) groups is 2. The minimum absolute atomic E-state index is 0.164. The highest BCUT2D eigenvalue weighted by atomic mass is 79.9. The first-order valence-electron chi connectivity index (χ1n) is 8.63. The molecule has 1 N–H and O–H groups in total. The Morgan fingerprint density at radius 2 is 2.11 bits per heavy atom. The van der Waals surface area contributed by atoms with Gasteiger partial charge in [-0.1, -0.05) is 0 Å². The van der Waals surface area contributed by atoms with E-state index in [0.717, 1.165) is 0 Å². The van der Waals surface area contributed by atoms with Gasteiger partial charge in [-0.2, -0.15) is 10.4 Å². The Labute approximate surface area is 171 Å². The Hall–Kier alpha value is -2.32. The van der Waals surface area contributed by atoms with Crippen molar-refractivity contribution < 1.29 is 24.2 Å². The average molecular weight is 458 g/mol. The molecule has 0 aliphatic carbocycles. The van der Waals surface area contributed by atoms with Crippen LogP contribution in [0.25, 0.3) is 0 Å². The first kappa shape index (κ1) is 22.0. The van der Waals surface area contributed by atoms with Crippen LogP contribution < -0.4 is 4.90 Å². The first-order chi connectivity index (χ1) is 13.0. The van der Waals surface area contributed by atoms with E-state index in [1.54, 1.807) is 20.8 Å². The molecule has 1 aromatic rings. The zero-order chi connectivity index (χ0) is 21.2. The lowest BCUT2D eigenvalue weighted by Gasteiger charge is -2.26. The lowest BCUT2D eigenvalue weighted by molar-refractivity contribution is 0.0586. The highest BCUT2D eigenvalue weighted by molar-refractivity contribution is 9.10. The molecule has 0 aromatic carbocycles. The fourth-order valence-electron chi connectivity index (χ4n) is 3.14. The SMILES string of the molecule is COC[C@H]1C[C@H](n2nc(Br)c(C#N)c2N(C)C(=O)OC(C)(C)C)CN1C(=O)O. The van der Waals surface area contributed by atoms with Crippen molar-refractivity contribution in [2.45, 2.75) is 44.9 Å². The molecule has 0 saturated carbocycles. The molecule has 0 bridgehead atoms. The van der Waals surface area contributed by atoms with Crippen LogP contribution in [0.4, 0.5) is 15.4 Å². The second-order valence-corrected chi connectivity index (χ2v) is 8.27. The van der Waals surface area contributed by atoms with Crippen LogP contribution in [0.15, 0.2) is 4.60 Å². The molecule has 2 heterocycles. The quantitative estimate of drug-likeness (QED) is 0.737. The minimum atomic E-state index is -1.06. The molecular weight excluding hydrogens is 434 g/mol. The summed E-state index contributed by atoms with van der Waals surface area (Å²) >= 11 is 3.26. The number of nitriles is 1. The molecule has 0 spiro atoms. The van der Waals surface area contributed by atoms with Gasteiger partial charge in [-0.25, -0.2) is 14.3 Å². The van der Waals surface area contributed by atoms with Crippen molar-refractivity contribution >= 4 is 33.9 Å². The van der Waals surface area contributed by atoms with E-state index < -0.39 is 17.8 Å². The van der Waals surface area contributed by atoms with Crippen LogP contribution in [0, 0.1) is 11.3 Å². The number of ether oxygens (including phenoxy) is 2. The van der Waals surface area contributed by atoms with Gasteiger partial charge in [0.1, 0.15) is 21.8 Å². The maximum absolute atomic E-state index is 12.6. The molecular formula is C17H24BrN5O5. The summed E-state index contributed by atoms with van der Waals surface area (Å²) in [6.45, 7) is 5.64. The van der Waals surface area contributed by atoms with Gasteiger partial charge >= 0.3 is 12.2 Å². The summed E-state index contributed by atoms with van der Waals surface area (Å²) in [6.07, 6.45) is -1.26. The van der Waals surface area contributed by atoms with Gasteiger partial charge in [-0.15, -0.1) is 0 Å². The van der Waals surface area contributed by atoms with Gasteiger partial charge in [-0.05, 0) is 43.1 Å². The molecule has 0 radical (unpaired) electrons. The normalized spacial score (nSPS) is 19.4. The predicted octanol–water partition coefficient (Wildman–Crippen LogP) is 2.83. The second-order valence-electron chi connectivity index (χ2n) is 7.52. The third-order valence-corrected chi connectivity index (χ3v) is 4.84. The molecule has 1 saturated heterocycles. The topological polar surface area (TPSA) is 121 Å². The van der Waals surface area contributed by atoms with Crippen molar-refractivity contribution in [3.8, 4) is 6.07 Å². The Morgan fingerprint density at radius 3 is 2.61 bits per heavy atom. The average Bonchev–Trinajstić information content (AvgIpc) is 3.13. The first-order valence-corrected chi connectivity index (χ1v) is 9.42. The lowest BCUT2D eigenvalue weighted by atomic mass is 10.2. The maximum Gasteiger partial charge on any atom is 0.415 e. The molecule has 28 heavy (non-hydrogen) atoms. The monoisotopic (exact) mass is 457 g/mol. The van der Waals surface area contributed by atoms with Crippen molar-refractivity contribution in [3.63, 3.8) is 0 Å². The summed E-state index contributed by atoms with van der Waals surface area (Å²) in [5.41, 5.74) is -0.539. The number of hydrogen-bond donors (Lipinski definition) is 1. The van der Waals surface area contributed by atoms with Crippen molar-refractivity contribution in [1.82, 2.24) is 14.7 Å². The summed E-state index contributed by atoms with van der Waals surface area (Å²) in [6, 6.07) is 1.33. The third kappa shape index (κ3) is 4.56. The largest absolute Gasteiger partial charge is 0.465 e. The number of amides is 2. The van der Waals surface area contributed by atoms with Crippen molar-refractivity contribution in [2.75, 3.05) is 32.2 Å². The van der Waals surface area contributed by atoms with Crippen molar-refractivity contribution in [3.05, 3.63) is 10.2 Å². The Kier molecular flexibility index (Phi) is 6.56. The van der Waals surface area contributed by atoms with Crippen LogP contribution >= 0.6 is 15.9 Å². The molecule has 10 nitrogen and oxygen atoms in total.